The predicted molar refractivity (Wildman–Crippen MR) is 178 cm³/mol. The highest BCUT2D eigenvalue weighted by atomic mass is 16.7. The lowest BCUT2D eigenvalue weighted by Gasteiger charge is -2.38. The van der Waals surface area contributed by atoms with Crippen LogP contribution in [-0.2, 0) is 0 Å². The molecule has 0 saturated heterocycles. The summed E-state index contributed by atoms with van der Waals surface area (Å²) in [7, 11) is 1.67. The van der Waals surface area contributed by atoms with Gasteiger partial charge in [-0.05, 0) is 48.7 Å². The summed E-state index contributed by atoms with van der Waals surface area (Å²) in [5.74, 6) is 0.949. The Bertz CT molecular complexity index is 1810. The molecule has 4 aromatic carbocycles. The summed E-state index contributed by atoms with van der Waals surface area (Å²) in [6.45, 7) is 4.10. The van der Waals surface area contributed by atoms with Crippen LogP contribution in [0.3, 0.4) is 0 Å². The minimum atomic E-state index is -0.504. The van der Waals surface area contributed by atoms with Gasteiger partial charge in [-0.15, -0.1) is 0 Å². The summed E-state index contributed by atoms with van der Waals surface area (Å²) < 4.78 is 17.2. The van der Waals surface area contributed by atoms with Gasteiger partial charge in [-0.1, -0.05) is 43.3 Å². The largest absolute Gasteiger partial charge is 0.487 e. The Morgan fingerprint density at radius 1 is 0.936 bits per heavy atom. The zero-order chi connectivity index (χ0) is 33.1. The zero-order valence-corrected chi connectivity index (χ0v) is 26.4. The minimum Gasteiger partial charge on any atom is -0.487 e. The molecule has 4 N–H and O–H groups in total. The molecule has 0 fully saturated rings. The Morgan fingerprint density at radius 3 is 2.47 bits per heavy atom. The third-order valence-electron chi connectivity index (χ3n) is 8.38. The fraction of sp³-hybridized carbons (Fsp3) is 0.286. The lowest BCUT2D eigenvalue weighted by molar-refractivity contribution is 0.0371. The molecular weight excluding hydrogens is 602 g/mol. The van der Waals surface area contributed by atoms with Crippen LogP contribution in [0, 0.1) is 5.92 Å². The van der Waals surface area contributed by atoms with Crippen molar-refractivity contribution in [2.24, 2.45) is 5.92 Å². The number of nitrogens with zero attached hydrogens (tertiary/aromatic N) is 2. The maximum Gasteiger partial charge on any atom is 0.323 e. The molecule has 6 rings (SSSR count). The van der Waals surface area contributed by atoms with Crippen LogP contribution in [0.2, 0.25) is 0 Å². The number of carbonyl (C=O) groups excluding carboxylic acids is 3. The van der Waals surface area contributed by atoms with Gasteiger partial charge in [0.25, 0.3) is 5.91 Å². The number of anilines is 3. The highest BCUT2D eigenvalue weighted by molar-refractivity contribution is 6.07. The molecule has 47 heavy (non-hydrogen) atoms. The Balaban J connectivity index is 1.20. The number of amides is 5. The number of nitrogens with one attached hydrogen (secondary N) is 3. The fourth-order valence-corrected chi connectivity index (χ4v) is 5.68. The van der Waals surface area contributed by atoms with Crippen LogP contribution >= 0.6 is 0 Å². The van der Waals surface area contributed by atoms with Crippen molar-refractivity contribution in [3.63, 3.8) is 0 Å². The number of fused-ring (bicyclic) bond motifs is 3. The van der Waals surface area contributed by atoms with Gasteiger partial charge in [0.2, 0.25) is 6.79 Å². The van der Waals surface area contributed by atoms with Crippen LogP contribution in [0.25, 0.3) is 10.8 Å². The number of aliphatic hydroxyl groups excluding tert-OH is 1. The molecule has 2 aliphatic rings. The van der Waals surface area contributed by atoms with E-state index >= 15 is 0 Å². The number of aliphatic hydroxyl groups is 1. The van der Waals surface area contributed by atoms with Crippen LogP contribution in [-0.4, -0.2) is 78.6 Å². The number of urea groups is 2. The average molecular weight is 640 g/mol. The van der Waals surface area contributed by atoms with E-state index in [1.807, 2.05) is 49.4 Å². The second-order valence-corrected chi connectivity index (χ2v) is 11.8. The van der Waals surface area contributed by atoms with Crippen molar-refractivity contribution in [3.8, 4) is 17.2 Å². The highest BCUT2D eigenvalue weighted by Gasteiger charge is 2.34. The molecule has 2 heterocycles. The molecule has 0 aromatic heterocycles. The van der Waals surface area contributed by atoms with Crippen molar-refractivity contribution in [3.05, 3.63) is 84.4 Å². The quantitative estimate of drug-likeness (QED) is 0.206. The Morgan fingerprint density at radius 2 is 1.66 bits per heavy atom. The van der Waals surface area contributed by atoms with Crippen molar-refractivity contribution in [2.75, 3.05) is 49.5 Å². The van der Waals surface area contributed by atoms with Gasteiger partial charge < -0.3 is 45.1 Å². The van der Waals surface area contributed by atoms with Gasteiger partial charge in [0, 0.05) is 42.3 Å². The van der Waals surface area contributed by atoms with Crippen LogP contribution in [0.15, 0.2) is 78.9 Å². The number of carbonyl (C=O) groups is 3. The molecule has 2 aliphatic heterocycles. The molecule has 0 aliphatic carbocycles. The first kappa shape index (κ1) is 31.5. The van der Waals surface area contributed by atoms with E-state index in [0.717, 1.165) is 10.8 Å². The van der Waals surface area contributed by atoms with E-state index in [9.17, 15) is 19.5 Å². The van der Waals surface area contributed by atoms with Gasteiger partial charge in [0.15, 0.2) is 11.5 Å². The van der Waals surface area contributed by atoms with Crippen molar-refractivity contribution >= 4 is 45.8 Å². The standard InChI is InChI=1S/C35H37N5O7/c1-21-17-40(22(2)19-41)33(42)27-15-24(36-34(43)38-28-10-6-8-23-7-4-5-9-26(23)28)11-13-29(27)47-32(21)18-39(3)35(44)37-25-12-14-30-31(16-25)46-20-45-30/h4-16,21-22,32,41H,17-20H2,1-3H3,(H,37,44)(H2,36,38,43)/t21-,22-,32+/m1/s1. The Hall–Kier alpha value is -5.49. The number of hydrogen-bond acceptors (Lipinski definition) is 7. The summed E-state index contributed by atoms with van der Waals surface area (Å²) in [6, 6.07) is 22.1. The van der Waals surface area contributed by atoms with Gasteiger partial charge in [0.05, 0.1) is 30.4 Å². The van der Waals surface area contributed by atoms with Gasteiger partial charge in [-0.25, -0.2) is 9.59 Å². The third kappa shape index (κ3) is 6.87. The highest BCUT2D eigenvalue weighted by Crippen LogP contribution is 2.35. The second-order valence-electron chi connectivity index (χ2n) is 11.8. The maximum atomic E-state index is 13.8. The van der Waals surface area contributed by atoms with E-state index in [1.165, 1.54) is 4.90 Å². The van der Waals surface area contributed by atoms with Crippen molar-refractivity contribution in [1.29, 1.82) is 0 Å². The topological polar surface area (TPSA) is 142 Å². The van der Waals surface area contributed by atoms with Gasteiger partial charge in [-0.2, -0.15) is 0 Å². The molecule has 0 saturated carbocycles. The first-order valence-electron chi connectivity index (χ1n) is 15.4. The zero-order valence-electron chi connectivity index (χ0n) is 26.4. The lowest BCUT2D eigenvalue weighted by atomic mass is 9.99. The first-order chi connectivity index (χ1) is 22.7. The molecule has 12 heteroatoms. The van der Waals surface area contributed by atoms with E-state index in [1.54, 1.807) is 55.3 Å². The molecule has 0 unspecified atom stereocenters. The molecule has 12 nitrogen and oxygen atoms in total. The summed E-state index contributed by atoms with van der Waals surface area (Å²) in [6.07, 6.45) is -0.504. The molecule has 5 amide bonds. The summed E-state index contributed by atoms with van der Waals surface area (Å²) in [5.41, 5.74) is 1.83. The van der Waals surface area contributed by atoms with Gasteiger partial charge in [-0.3, -0.25) is 4.79 Å². The third-order valence-corrected chi connectivity index (χ3v) is 8.38. The maximum absolute atomic E-state index is 13.8. The van der Waals surface area contributed by atoms with Crippen LogP contribution in [0.1, 0.15) is 24.2 Å². The minimum absolute atomic E-state index is 0.134. The predicted octanol–water partition coefficient (Wildman–Crippen LogP) is 5.60. The Labute approximate surface area is 272 Å². The van der Waals surface area contributed by atoms with Crippen LogP contribution in [0.4, 0.5) is 26.7 Å². The summed E-state index contributed by atoms with van der Waals surface area (Å²) in [4.78, 5) is 43.2. The van der Waals surface area contributed by atoms with E-state index < -0.39 is 18.2 Å². The number of benzene rings is 4. The lowest BCUT2D eigenvalue weighted by Crippen LogP contribution is -2.50. The molecule has 4 aromatic rings. The van der Waals surface area contributed by atoms with Gasteiger partial charge in [0.1, 0.15) is 11.9 Å². The number of rotatable bonds is 7. The van der Waals surface area contributed by atoms with E-state index in [0.29, 0.717) is 34.3 Å². The monoisotopic (exact) mass is 639 g/mol. The number of ether oxygens (including phenoxy) is 3. The molecule has 3 atom stereocenters. The summed E-state index contributed by atoms with van der Waals surface area (Å²) >= 11 is 0. The first-order valence-corrected chi connectivity index (χ1v) is 15.4. The SMILES string of the molecule is C[C@@H]1CN([C@H](C)CO)C(=O)c2cc(NC(=O)Nc3cccc4ccccc34)ccc2O[C@H]1CN(C)C(=O)Nc1ccc2c(c1)OCO2. The molecular formula is C35H37N5O7. The molecule has 244 valence electrons. The van der Waals surface area contributed by atoms with Gasteiger partial charge >= 0.3 is 12.1 Å². The number of likely N-dealkylation sites (N-methyl/N-ethyl adjacent to an activating group) is 1. The van der Waals surface area contributed by atoms with Crippen LogP contribution in [0.5, 0.6) is 17.2 Å². The molecule has 0 bridgehead atoms. The van der Waals surface area contributed by atoms with Crippen molar-refractivity contribution in [1.82, 2.24) is 9.80 Å². The van der Waals surface area contributed by atoms with Crippen molar-refractivity contribution < 1.29 is 33.7 Å². The van der Waals surface area contributed by atoms with Crippen LogP contribution < -0.4 is 30.2 Å². The van der Waals surface area contributed by atoms with E-state index in [2.05, 4.69) is 16.0 Å². The normalized spacial score (nSPS) is 17.5. The number of hydrogen-bond donors (Lipinski definition) is 4. The van der Waals surface area contributed by atoms with E-state index in [4.69, 9.17) is 14.2 Å². The smallest absolute Gasteiger partial charge is 0.323 e. The second kappa shape index (κ2) is 13.5. The molecule has 0 spiro atoms. The summed E-state index contributed by atoms with van der Waals surface area (Å²) in [5, 5.41) is 20.5. The van der Waals surface area contributed by atoms with Crippen molar-refractivity contribution in [2.45, 2.75) is 26.0 Å². The Kier molecular flexibility index (Phi) is 9.03. The fourth-order valence-electron chi connectivity index (χ4n) is 5.68. The average Bonchev–Trinajstić information content (AvgIpc) is 3.54. The molecule has 0 radical (unpaired) electrons. The van der Waals surface area contributed by atoms with E-state index in [-0.39, 0.29) is 49.9 Å².